The van der Waals surface area contributed by atoms with Gasteiger partial charge in [0.15, 0.2) is 0 Å². The van der Waals surface area contributed by atoms with Crippen LogP contribution < -0.4 is 5.73 Å². The van der Waals surface area contributed by atoms with Gasteiger partial charge in [0, 0.05) is 20.0 Å². The van der Waals surface area contributed by atoms with Crippen LogP contribution in [0, 0.1) is 0 Å². The van der Waals surface area contributed by atoms with Crippen molar-refractivity contribution in [3.8, 4) is 0 Å². The highest BCUT2D eigenvalue weighted by molar-refractivity contribution is 5.86. The molecule has 0 aromatic rings. The summed E-state index contributed by atoms with van der Waals surface area (Å²) in [5, 5.41) is 18.3. The molecule has 0 aromatic carbocycles. The van der Waals surface area contributed by atoms with Crippen molar-refractivity contribution in [2.45, 2.75) is 18.6 Å². The zero-order valence-electron chi connectivity index (χ0n) is 9.37. The first-order valence-corrected chi connectivity index (χ1v) is 5.03. The van der Waals surface area contributed by atoms with Crippen LogP contribution in [0.1, 0.15) is 6.42 Å². The summed E-state index contributed by atoms with van der Waals surface area (Å²) in [7, 11) is 1.34. The molecule has 0 saturated carbocycles. The van der Waals surface area contributed by atoms with E-state index in [1.54, 1.807) is 0 Å². The fourth-order valence-corrected chi connectivity index (χ4v) is 1.78. The van der Waals surface area contributed by atoms with Crippen molar-refractivity contribution in [2.24, 2.45) is 5.73 Å². The smallest absolute Gasteiger partial charge is 0.326 e. The van der Waals surface area contributed by atoms with Crippen molar-refractivity contribution in [3.05, 3.63) is 0 Å². The van der Waals surface area contributed by atoms with Gasteiger partial charge in [-0.1, -0.05) is 0 Å². The number of rotatable bonds is 3. The van der Waals surface area contributed by atoms with Crippen molar-refractivity contribution in [1.82, 2.24) is 9.80 Å². The molecule has 0 bridgehead atoms. The van der Waals surface area contributed by atoms with Crippen molar-refractivity contribution >= 4 is 17.9 Å². The Morgan fingerprint density at radius 2 is 2.06 bits per heavy atom. The molecular formula is C9H15N3O5. The van der Waals surface area contributed by atoms with Gasteiger partial charge < -0.3 is 25.7 Å². The molecule has 1 heterocycles. The lowest BCUT2D eigenvalue weighted by Crippen LogP contribution is -2.48. The second-order valence-corrected chi connectivity index (χ2v) is 4.00. The molecular weight excluding hydrogens is 230 g/mol. The number of likely N-dealkylation sites (N-methyl/N-ethyl adjacent to an activating group) is 1. The number of hydrogen-bond acceptors (Lipinski definition) is 4. The largest absolute Gasteiger partial charge is 0.480 e. The zero-order chi connectivity index (χ0) is 13.2. The molecule has 2 atom stereocenters. The summed E-state index contributed by atoms with van der Waals surface area (Å²) < 4.78 is 0. The van der Waals surface area contributed by atoms with Gasteiger partial charge in [-0.2, -0.15) is 0 Å². The van der Waals surface area contributed by atoms with E-state index < -0.39 is 30.1 Å². The summed E-state index contributed by atoms with van der Waals surface area (Å²) in [5.74, 6) is -1.87. The van der Waals surface area contributed by atoms with Crippen molar-refractivity contribution in [1.29, 1.82) is 0 Å². The molecule has 1 aliphatic rings. The molecule has 3 amide bonds. The number of nitrogens with two attached hydrogens (primary N) is 1. The van der Waals surface area contributed by atoms with Gasteiger partial charge >= 0.3 is 12.0 Å². The van der Waals surface area contributed by atoms with E-state index in [-0.39, 0.29) is 19.5 Å². The molecule has 1 fully saturated rings. The number of likely N-dealkylation sites (tertiary alicyclic amines) is 1. The molecule has 0 aromatic heterocycles. The van der Waals surface area contributed by atoms with E-state index in [0.29, 0.717) is 0 Å². The Labute approximate surface area is 97.6 Å². The summed E-state index contributed by atoms with van der Waals surface area (Å²) in [6.45, 7) is -0.351. The summed E-state index contributed by atoms with van der Waals surface area (Å²) in [6, 6.07) is -1.69. The van der Waals surface area contributed by atoms with E-state index >= 15 is 0 Å². The van der Waals surface area contributed by atoms with Crippen LogP contribution in [0.15, 0.2) is 0 Å². The monoisotopic (exact) mass is 245 g/mol. The average molecular weight is 245 g/mol. The lowest BCUT2D eigenvalue weighted by Gasteiger charge is -2.26. The predicted molar refractivity (Wildman–Crippen MR) is 56.0 cm³/mol. The molecule has 1 saturated heterocycles. The highest BCUT2D eigenvalue weighted by Crippen LogP contribution is 2.19. The Hall–Kier alpha value is -1.83. The second-order valence-electron chi connectivity index (χ2n) is 4.00. The molecule has 0 radical (unpaired) electrons. The van der Waals surface area contributed by atoms with E-state index in [2.05, 4.69) is 0 Å². The highest BCUT2D eigenvalue weighted by Gasteiger charge is 2.40. The minimum Gasteiger partial charge on any atom is -0.480 e. The minimum atomic E-state index is -1.18. The van der Waals surface area contributed by atoms with Gasteiger partial charge in [-0.05, 0) is 0 Å². The van der Waals surface area contributed by atoms with Gasteiger partial charge in [0.2, 0.25) is 5.91 Å². The number of primary amides is 1. The molecule has 1 rings (SSSR count). The van der Waals surface area contributed by atoms with Gasteiger partial charge in [-0.15, -0.1) is 0 Å². The third-order valence-electron chi connectivity index (χ3n) is 2.53. The SMILES string of the molecule is CN(CC(N)=O)C(=O)N1C[C@H](O)C[C@@H]1C(=O)O. The fourth-order valence-electron chi connectivity index (χ4n) is 1.78. The molecule has 96 valence electrons. The number of amides is 3. The van der Waals surface area contributed by atoms with Crippen LogP contribution in [0.4, 0.5) is 4.79 Å². The van der Waals surface area contributed by atoms with Crippen molar-refractivity contribution < 1.29 is 24.6 Å². The normalized spacial score (nSPS) is 23.5. The first-order chi connectivity index (χ1) is 7.82. The third kappa shape index (κ3) is 3.06. The number of urea groups is 1. The topological polar surface area (TPSA) is 124 Å². The molecule has 0 spiro atoms. The van der Waals surface area contributed by atoms with Crippen LogP contribution >= 0.6 is 0 Å². The lowest BCUT2D eigenvalue weighted by molar-refractivity contribution is -0.141. The molecule has 8 nitrogen and oxygen atoms in total. The first kappa shape index (κ1) is 13.2. The van der Waals surface area contributed by atoms with Crippen LogP contribution in [0.3, 0.4) is 0 Å². The van der Waals surface area contributed by atoms with E-state index in [0.717, 1.165) is 9.80 Å². The van der Waals surface area contributed by atoms with Crippen molar-refractivity contribution in [2.75, 3.05) is 20.1 Å². The van der Waals surface area contributed by atoms with Gasteiger partial charge in [0.25, 0.3) is 0 Å². The molecule has 0 unspecified atom stereocenters. The molecule has 0 aliphatic carbocycles. The minimum absolute atomic E-state index is 0.00845. The van der Waals surface area contributed by atoms with Gasteiger partial charge in [-0.3, -0.25) is 4.79 Å². The predicted octanol–water partition coefficient (Wildman–Crippen LogP) is -1.96. The molecule has 17 heavy (non-hydrogen) atoms. The number of β-amino-alcohol motifs (C(OH)–C–C–N with tert-alkyl or cyclic N) is 1. The maximum Gasteiger partial charge on any atom is 0.326 e. The van der Waals surface area contributed by atoms with Gasteiger partial charge in [-0.25, -0.2) is 9.59 Å². The maximum atomic E-state index is 11.8. The van der Waals surface area contributed by atoms with Crippen LogP contribution in [0.25, 0.3) is 0 Å². The number of nitrogens with zero attached hydrogens (tertiary/aromatic N) is 2. The maximum absolute atomic E-state index is 11.8. The van der Waals surface area contributed by atoms with Crippen molar-refractivity contribution in [3.63, 3.8) is 0 Å². The van der Waals surface area contributed by atoms with E-state index in [9.17, 15) is 19.5 Å². The first-order valence-electron chi connectivity index (χ1n) is 5.03. The number of aliphatic hydroxyl groups is 1. The Balaban J connectivity index is 2.73. The number of hydrogen-bond donors (Lipinski definition) is 3. The Bertz CT molecular complexity index is 346. The Morgan fingerprint density at radius 1 is 1.47 bits per heavy atom. The summed E-state index contributed by atoms with van der Waals surface area (Å²) >= 11 is 0. The van der Waals surface area contributed by atoms with E-state index in [1.165, 1.54) is 7.05 Å². The molecule has 4 N–H and O–H groups in total. The fraction of sp³-hybridized carbons (Fsp3) is 0.667. The van der Waals surface area contributed by atoms with Crippen LogP contribution in [-0.4, -0.2) is 70.2 Å². The number of carbonyl (C=O) groups is 3. The van der Waals surface area contributed by atoms with E-state index in [4.69, 9.17) is 10.8 Å². The zero-order valence-corrected chi connectivity index (χ0v) is 9.37. The van der Waals surface area contributed by atoms with Crippen LogP contribution in [-0.2, 0) is 9.59 Å². The Kier molecular flexibility index (Phi) is 3.89. The van der Waals surface area contributed by atoms with Gasteiger partial charge in [0.05, 0.1) is 6.10 Å². The number of carbonyl (C=O) groups excluding carboxylic acids is 2. The number of aliphatic carboxylic acids is 1. The average Bonchev–Trinajstić information content (AvgIpc) is 2.58. The molecule has 1 aliphatic heterocycles. The molecule has 8 heteroatoms. The third-order valence-corrected chi connectivity index (χ3v) is 2.53. The Morgan fingerprint density at radius 3 is 2.53 bits per heavy atom. The summed E-state index contributed by atoms with van der Waals surface area (Å²) in [4.78, 5) is 35.4. The lowest BCUT2D eigenvalue weighted by atomic mass is 10.2. The standard InChI is InChI=1S/C9H15N3O5/c1-11(4-7(10)14)9(17)12-3-5(13)2-6(12)8(15)16/h5-6,13H,2-4H2,1H3,(H2,10,14)(H,15,16)/t5-,6-/m1/s1. The van der Waals surface area contributed by atoms with E-state index in [1.807, 2.05) is 0 Å². The quantitative estimate of drug-likeness (QED) is 0.532. The number of carboxylic acid groups (broad SMARTS) is 1. The number of carboxylic acids is 1. The van der Waals surface area contributed by atoms with Crippen LogP contribution in [0.5, 0.6) is 0 Å². The number of aliphatic hydroxyl groups excluding tert-OH is 1. The summed E-state index contributed by atoms with van der Waals surface area (Å²) in [5.41, 5.74) is 4.93. The van der Waals surface area contributed by atoms with Crippen LogP contribution in [0.2, 0.25) is 0 Å². The highest BCUT2D eigenvalue weighted by atomic mass is 16.4. The summed E-state index contributed by atoms with van der Waals surface area (Å²) in [6.07, 6.45) is -0.868. The van der Waals surface area contributed by atoms with Gasteiger partial charge in [0.1, 0.15) is 12.6 Å². The second kappa shape index (κ2) is 5.00.